The van der Waals surface area contributed by atoms with Crippen LogP contribution in [0.4, 0.5) is 5.95 Å². The number of nitrogens with zero attached hydrogens (tertiary/aromatic N) is 3. The summed E-state index contributed by atoms with van der Waals surface area (Å²) in [7, 11) is 2.09. The second-order valence-corrected chi connectivity index (χ2v) is 5.61. The van der Waals surface area contributed by atoms with E-state index in [2.05, 4.69) is 49.9 Å². The number of benzene rings is 1. The van der Waals surface area contributed by atoms with Crippen molar-refractivity contribution in [3.63, 3.8) is 0 Å². The normalized spacial score (nSPS) is 17.1. The maximum Gasteiger partial charge on any atom is 0.206 e. The van der Waals surface area contributed by atoms with Crippen molar-refractivity contribution in [1.82, 2.24) is 14.9 Å². The molecule has 0 atom stereocenters. The fourth-order valence-corrected chi connectivity index (χ4v) is 2.83. The van der Waals surface area contributed by atoms with Gasteiger partial charge in [-0.15, -0.1) is 0 Å². The van der Waals surface area contributed by atoms with Crippen molar-refractivity contribution in [3.8, 4) is 0 Å². The van der Waals surface area contributed by atoms with Gasteiger partial charge in [-0.1, -0.05) is 15.9 Å². The average molecular weight is 309 g/mol. The lowest BCUT2D eigenvalue weighted by molar-refractivity contribution is 0.724. The Balaban J connectivity index is 2.03. The van der Waals surface area contributed by atoms with Crippen LogP contribution in [0.5, 0.6) is 0 Å². The van der Waals surface area contributed by atoms with E-state index in [1.54, 1.807) is 0 Å². The summed E-state index contributed by atoms with van der Waals surface area (Å²) in [6.45, 7) is 4.24. The number of hydrogen-bond acceptors (Lipinski definition) is 3. The quantitative estimate of drug-likeness (QED) is 0.876. The lowest BCUT2D eigenvalue weighted by Crippen LogP contribution is -2.29. The van der Waals surface area contributed by atoms with Crippen molar-refractivity contribution in [2.75, 3.05) is 31.1 Å². The Morgan fingerprint density at radius 3 is 3.06 bits per heavy atom. The fourth-order valence-electron chi connectivity index (χ4n) is 2.48. The number of imidazole rings is 1. The molecule has 96 valence electrons. The molecule has 18 heavy (non-hydrogen) atoms. The molecule has 1 aromatic heterocycles. The molecule has 2 heterocycles. The van der Waals surface area contributed by atoms with Crippen LogP contribution in [0.25, 0.3) is 11.0 Å². The Morgan fingerprint density at radius 2 is 2.17 bits per heavy atom. The molecular weight excluding hydrogens is 292 g/mol. The van der Waals surface area contributed by atoms with Gasteiger partial charge in [0.2, 0.25) is 5.95 Å². The van der Waals surface area contributed by atoms with E-state index in [-0.39, 0.29) is 0 Å². The predicted octanol–water partition coefficient (Wildman–Crippen LogP) is 2.14. The number of aromatic nitrogens is 2. The van der Waals surface area contributed by atoms with Gasteiger partial charge in [0.25, 0.3) is 0 Å². The van der Waals surface area contributed by atoms with Crippen molar-refractivity contribution in [3.05, 3.63) is 22.7 Å². The molecule has 1 aliphatic rings. The molecular formula is C13H17BrN4. The Morgan fingerprint density at radius 1 is 1.28 bits per heavy atom. The van der Waals surface area contributed by atoms with Crippen molar-refractivity contribution in [2.45, 2.75) is 6.42 Å². The molecule has 0 bridgehead atoms. The molecule has 1 N–H and O–H groups in total. The van der Waals surface area contributed by atoms with Gasteiger partial charge in [0.05, 0.1) is 11.0 Å². The molecule has 0 saturated carbocycles. The third kappa shape index (κ3) is 2.12. The minimum Gasteiger partial charge on any atom is -0.341 e. The molecule has 0 amide bonds. The summed E-state index contributed by atoms with van der Waals surface area (Å²) >= 11 is 3.52. The van der Waals surface area contributed by atoms with Gasteiger partial charge in [0, 0.05) is 31.2 Å². The van der Waals surface area contributed by atoms with Gasteiger partial charge in [-0.3, -0.25) is 0 Å². The highest BCUT2D eigenvalue weighted by atomic mass is 79.9. The highest BCUT2D eigenvalue weighted by Crippen LogP contribution is 2.24. The second-order valence-electron chi connectivity index (χ2n) is 4.69. The van der Waals surface area contributed by atoms with E-state index < -0.39 is 0 Å². The molecule has 0 aliphatic carbocycles. The van der Waals surface area contributed by atoms with E-state index in [0.29, 0.717) is 0 Å². The lowest BCUT2D eigenvalue weighted by atomic mass is 10.3. The summed E-state index contributed by atoms with van der Waals surface area (Å²) in [6, 6.07) is 6.24. The third-order valence-corrected chi connectivity index (χ3v) is 3.94. The molecule has 4 nitrogen and oxygen atoms in total. The van der Waals surface area contributed by atoms with Crippen LogP contribution < -0.4 is 10.2 Å². The van der Waals surface area contributed by atoms with Crippen molar-refractivity contribution >= 4 is 32.9 Å². The Bertz CT molecular complexity index is 555. The summed E-state index contributed by atoms with van der Waals surface area (Å²) in [5, 5.41) is 3.42. The summed E-state index contributed by atoms with van der Waals surface area (Å²) < 4.78 is 3.29. The van der Waals surface area contributed by atoms with Crippen molar-refractivity contribution in [1.29, 1.82) is 0 Å². The van der Waals surface area contributed by atoms with E-state index in [4.69, 9.17) is 4.98 Å². The van der Waals surface area contributed by atoms with Gasteiger partial charge in [-0.2, -0.15) is 0 Å². The van der Waals surface area contributed by atoms with Crippen molar-refractivity contribution in [2.24, 2.45) is 7.05 Å². The van der Waals surface area contributed by atoms with Crippen molar-refractivity contribution < 1.29 is 0 Å². The number of halogens is 1. The Kier molecular flexibility index (Phi) is 3.26. The first-order chi connectivity index (χ1) is 8.75. The summed E-state index contributed by atoms with van der Waals surface area (Å²) in [6.07, 6.45) is 1.17. The van der Waals surface area contributed by atoms with Crippen LogP contribution in [0.1, 0.15) is 6.42 Å². The van der Waals surface area contributed by atoms with E-state index >= 15 is 0 Å². The first-order valence-electron chi connectivity index (χ1n) is 6.33. The zero-order valence-electron chi connectivity index (χ0n) is 10.5. The predicted molar refractivity (Wildman–Crippen MR) is 78.1 cm³/mol. The molecule has 1 saturated heterocycles. The van der Waals surface area contributed by atoms with Gasteiger partial charge in [-0.25, -0.2) is 4.98 Å². The summed E-state index contributed by atoms with van der Waals surface area (Å²) in [4.78, 5) is 7.13. The van der Waals surface area contributed by atoms with Crippen LogP contribution in [0, 0.1) is 0 Å². The number of aryl methyl sites for hydroxylation is 1. The molecule has 1 aliphatic heterocycles. The van der Waals surface area contributed by atoms with Crippen LogP contribution in [-0.4, -0.2) is 35.7 Å². The molecule has 3 rings (SSSR count). The SMILES string of the molecule is Cn1c(N2CCCNCC2)nc2ccc(Br)cc21. The monoisotopic (exact) mass is 308 g/mol. The number of nitrogens with one attached hydrogen (secondary N) is 1. The van der Waals surface area contributed by atoms with Crippen LogP contribution >= 0.6 is 15.9 Å². The minimum absolute atomic E-state index is 1.03. The maximum atomic E-state index is 4.76. The highest BCUT2D eigenvalue weighted by Gasteiger charge is 2.16. The van der Waals surface area contributed by atoms with Gasteiger partial charge >= 0.3 is 0 Å². The number of anilines is 1. The Hall–Kier alpha value is -1.07. The van der Waals surface area contributed by atoms with Gasteiger partial charge in [-0.05, 0) is 31.2 Å². The molecule has 0 radical (unpaired) electrons. The molecule has 1 aromatic carbocycles. The van der Waals surface area contributed by atoms with E-state index in [1.807, 2.05) is 6.07 Å². The van der Waals surface area contributed by atoms with Crippen LogP contribution in [0.3, 0.4) is 0 Å². The zero-order valence-corrected chi connectivity index (χ0v) is 12.1. The third-order valence-electron chi connectivity index (χ3n) is 3.44. The van der Waals surface area contributed by atoms with Crippen LogP contribution in [0.2, 0.25) is 0 Å². The number of rotatable bonds is 1. The van der Waals surface area contributed by atoms with Crippen LogP contribution in [-0.2, 0) is 7.05 Å². The molecule has 0 spiro atoms. The average Bonchev–Trinajstić information content (AvgIpc) is 2.59. The second kappa shape index (κ2) is 4.90. The van der Waals surface area contributed by atoms with Gasteiger partial charge in [0.15, 0.2) is 0 Å². The zero-order chi connectivity index (χ0) is 12.5. The number of hydrogen-bond donors (Lipinski definition) is 1. The fraction of sp³-hybridized carbons (Fsp3) is 0.462. The molecule has 2 aromatic rings. The summed E-state index contributed by atoms with van der Waals surface area (Å²) in [5.41, 5.74) is 2.24. The van der Waals surface area contributed by atoms with Gasteiger partial charge < -0.3 is 14.8 Å². The van der Waals surface area contributed by atoms with Crippen LogP contribution in [0.15, 0.2) is 22.7 Å². The molecule has 5 heteroatoms. The standard InChI is InChI=1S/C13H17BrN4/c1-17-12-9-10(14)3-4-11(12)16-13(17)18-7-2-5-15-6-8-18/h3-4,9,15H,2,5-8H2,1H3. The first-order valence-corrected chi connectivity index (χ1v) is 7.12. The smallest absolute Gasteiger partial charge is 0.206 e. The summed E-state index contributed by atoms with van der Waals surface area (Å²) in [5.74, 6) is 1.08. The molecule has 0 unspecified atom stereocenters. The van der Waals surface area contributed by atoms with E-state index in [1.165, 1.54) is 11.9 Å². The highest BCUT2D eigenvalue weighted by molar-refractivity contribution is 9.10. The first kappa shape index (κ1) is 12.0. The van der Waals surface area contributed by atoms with Gasteiger partial charge in [0.1, 0.15) is 0 Å². The maximum absolute atomic E-state index is 4.76. The van der Waals surface area contributed by atoms with E-state index in [9.17, 15) is 0 Å². The topological polar surface area (TPSA) is 33.1 Å². The molecule has 1 fully saturated rings. The Labute approximate surface area is 115 Å². The minimum atomic E-state index is 1.03. The largest absolute Gasteiger partial charge is 0.341 e. The van der Waals surface area contributed by atoms with E-state index in [0.717, 1.165) is 42.1 Å². The number of fused-ring (bicyclic) bond motifs is 1. The lowest BCUT2D eigenvalue weighted by Gasteiger charge is -2.20.